The molecule has 0 aliphatic heterocycles. The Morgan fingerprint density at radius 3 is 2.27 bits per heavy atom. The molecule has 10 heteroatoms. The highest BCUT2D eigenvalue weighted by atomic mass is 35.5. The first-order valence-electron chi connectivity index (χ1n) is 11.7. The fraction of sp³-hybridized carbons (Fsp3) is 0.259. The maximum absolute atomic E-state index is 13.7. The number of carbonyl (C=O) groups is 2. The lowest BCUT2D eigenvalue weighted by Gasteiger charge is -2.32. The molecule has 3 rings (SSSR count). The van der Waals surface area contributed by atoms with Crippen molar-refractivity contribution in [1.82, 2.24) is 10.2 Å². The van der Waals surface area contributed by atoms with Gasteiger partial charge < -0.3 is 15.0 Å². The highest BCUT2D eigenvalue weighted by Crippen LogP contribution is 2.26. The average Bonchev–Trinajstić information content (AvgIpc) is 2.90. The van der Waals surface area contributed by atoms with Crippen molar-refractivity contribution in [3.8, 4) is 5.75 Å². The zero-order valence-corrected chi connectivity index (χ0v) is 22.5. The molecule has 0 heterocycles. The molecule has 8 nitrogen and oxygen atoms in total. The number of carbonyl (C=O) groups excluding carboxylic acids is 2. The van der Waals surface area contributed by atoms with Crippen molar-refractivity contribution in [2.24, 2.45) is 0 Å². The summed E-state index contributed by atoms with van der Waals surface area (Å²) in [6.45, 7) is 3.35. The summed E-state index contributed by atoms with van der Waals surface area (Å²) >= 11 is 6.13. The number of methoxy groups -OCH3 is 1. The van der Waals surface area contributed by atoms with E-state index >= 15 is 0 Å². The molecule has 0 aromatic heterocycles. The molecule has 3 aromatic rings. The van der Waals surface area contributed by atoms with E-state index in [4.69, 9.17) is 16.3 Å². The molecule has 0 aliphatic carbocycles. The van der Waals surface area contributed by atoms with E-state index in [1.54, 1.807) is 80.6 Å². The van der Waals surface area contributed by atoms with E-state index in [0.717, 1.165) is 4.31 Å². The van der Waals surface area contributed by atoms with Gasteiger partial charge in [-0.25, -0.2) is 8.42 Å². The van der Waals surface area contributed by atoms with Crippen molar-refractivity contribution in [3.05, 3.63) is 89.4 Å². The van der Waals surface area contributed by atoms with Crippen LogP contribution in [0.1, 0.15) is 19.4 Å². The Kier molecular flexibility index (Phi) is 9.54. The van der Waals surface area contributed by atoms with Crippen LogP contribution in [0.5, 0.6) is 5.75 Å². The Balaban J connectivity index is 2.00. The second-order valence-corrected chi connectivity index (χ2v) is 10.5. The van der Waals surface area contributed by atoms with Gasteiger partial charge in [-0.05, 0) is 67.9 Å². The fourth-order valence-electron chi connectivity index (χ4n) is 3.73. The van der Waals surface area contributed by atoms with Crippen molar-refractivity contribution >= 4 is 39.1 Å². The first-order chi connectivity index (χ1) is 17.7. The number of rotatable bonds is 11. The molecule has 1 N–H and O–H groups in total. The number of hydrogen-bond acceptors (Lipinski definition) is 5. The summed E-state index contributed by atoms with van der Waals surface area (Å²) in [6.07, 6.45) is 0. The van der Waals surface area contributed by atoms with E-state index in [0.29, 0.717) is 28.6 Å². The first kappa shape index (κ1) is 28.0. The van der Waals surface area contributed by atoms with E-state index in [2.05, 4.69) is 5.32 Å². The van der Waals surface area contributed by atoms with Crippen molar-refractivity contribution in [1.29, 1.82) is 0 Å². The van der Waals surface area contributed by atoms with Gasteiger partial charge in [-0.15, -0.1) is 0 Å². The SMILES string of the molecule is CCNC(=O)[C@@H](C)N(Cc1cccc(Cl)c1)C(=O)CN(c1ccccc1)S(=O)(=O)c1ccc(OC)cc1. The highest BCUT2D eigenvalue weighted by molar-refractivity contribution is 7.92. The smallest absolute Gasteiger partial charge is 0.264 e. The second-order valence-electron chi connectivity index (χ2n) is 8.24. The lowest BCUT2D eigenvalue weighted by molar-refractivity contribution is -0.139. The average molecular weight is 544 g/mol. The maximum Gasteiger partial charge on any atom is 0.264 e. The minimum absolute atomic E-state index is 0.00289. The van der Waals surface area contributed by atoms with Crippen LogP contribution in [0.15, 0.2) is 83.8 Å². The standard InChI is InChI=1S/C27H30ClN3O5S/c1-4-29-27(33)20(2)30(18-21-9-8-10-22(28)17-21)26(32)19-31(23-11-6-5-7-12-23)37(34,35)25-15-13-24(36-3)14-16-25/h5-17,20H,4,18-19H2,1-3H3,(H,29,33)/t20-/m1/s1. The van der Waals surface area contributed by atoms with E-state index < -0.39 is 28.5 Å². The Morgan fingerprint density at radius 1 is 1.00 bits per heavy atom. The molecule has 2 amide bonds. The van der Waals surface area contributed by atoms with Gasteiger partial charge in [0.2, 0.25) is 11.8 Å². The predicted octanol–water partition coefficient (Wildman–Crippen LogP) is 4.10. The third kappa shape index (κ3) is 7.02. The molecule has 0 radical (unpaired) electrons. The summed E-state index contributed by atoms with van der Waals surface area (Å²) in [5, 5.41) is 3.22. The predicted molar refractivity (Wildman–Crippen MR) is 144 cm³/mol. The van der Waals surface area contributed by atoms with E-state index in [-0.39, 0.29) is 17.3 Å². The summed E-state index contributed by atoms with van der Waals surface area (Å²) in [4.78, 5) is 27.8. The van der Waals surface area contributed by atoms with Gasteiger partial charge in [0.15, 0.2) is 0 Å². The molecule has 0 saturated heterocycles. The topological polar surface area (TPSA) is 96.0 Å². The van der Waals surface area contributed by atoms with Crippen LogP contribution >= 0.6 is 11.6 Å². The number of halogens is 1. The zero-order chi connectivity index (χ0) is 27.0. The highest BCUT2D eigenvalue weighted by Gasteiger charge is 2.32. The number of amides is 2. The number of anilines is 1. The van der Waals surface area contributed by atoms with Crippen molar-refractivity contribution in [2.45, 2.75) is 31.3 Å². The molecule has 37 heavy (non-hydrogen) atoms. The Bertz CT molecular complexity index is 1320. The van der Waals surface area contributed by atoms with Crippen LogP contribution < -0.4 is 14.4 Å². The van der Waals surface area contributed by atoms with Gasteiger partial charge >= 0.3 is 0 Å². The summed E-state index contributed by atoms with van der Waals surface area (Å²) < 4.78 is 33.6. The minimum Gasteiger partial charge on any atom is -0.497 e. The second kappa shape index (κ2) is 12.6. The van der Waals surface area contributed by atoms with E-state index in [9.17, 15) is 18.0 Å². The zero-order valence-electron chi connectivity index (χ0n) is 20.9. The number of benzene rings is 3. The lowest BCUT2D eigenvalue weighted by atomic mass is 10.1. The Morgan fingerprint density at radius 2 is 1.68 bits per heavy atom. The van der Waals surface area contributed by atoms with Crippen molar-refractivity contribution in [3.63, 3.8) is 0 Å². The quantitative estimate of drug-likeness (QED) is 0.393. The Hall–Kier alpha value is -3.56. The third-order valence-electron chi connectivity index (χ3n) is 5.73. The van der Waals surface area contributed by atoms with Crippen molar-refractivity contribution in [2.75, 3.05) is 24.5 Å². The van der Waals surface area contributed by atoms with Gasteiger partial charge in [-0.3, -0.25) is 13.9 Å². The number of hydrogen-bond donors (Lipinski definition) is 1. The maximum atomic E-state index is 13.7. The largest absolute Gasteiger partial charge is 0.497 e. The van der Waals surface area contributed by atoms with Crippen LogP contribution in [-0.2, 0) is 26.2 Å². The number of nitrogens with one attached hydrogen (secondary N) is 1. The lowest BCUT2D eigenvalue weighted by Crippen LogP contribution is -2.51. The fourth-order valence-corrected chi connectivity index (χ4v) is 5.36. The van der Waals surface area contributed by atoms with Crippen molar-refractivity contribution < 1.29 is 22.7 Å². The van der Waals surface area contributed by atoms with E-state index in [1.807, 2.05) is 0 Å². The number of likely N-dealkylation sites (N-methyl/N-ethyl adjacent to an activating group) is 1. The molecule has 196 valence electrons. The molecule has 0 bridgehead atoms. The summed E-state index contributed by atoms with van der Waals surface area (Å²) in [5.41, 5.74) is 1.03. The van der Waals surface area contributed by atoms with Gasteiger partial charge in [0.25, 0.3) is 10.0 Å². The number of nitrogens with zero attached hydrogens (tertiary/aromatic N) is 2. The molecule has 0 saturated carbocycles. The van der Waals surface area contributed by atoms with Gasteiger partial charge in [0.1, 0.15) is 18.3 Å². The molecule has 0 spiro atoms. The van der Waals surface area contributed by atoms with Crippen LogP contribution in [0.2, 0.25) is 5.02 Å². The molecule has 1 atom stereocenters. The third-order valence-corrected chi connectivity index (χ3v) is 7.75. The Labute approximate surface area is 222 Å². The van der Waals surface area contributed by atoms with Gasteiger partial charge in [0.05, 0.1) is 17.7 Å². The molecule has 3 aromatic carbocycles. The monoisotopic (exact) mass is 543 g/mol. The molecule has 0 aliphatic rings. The molecule has 0 unspecified atom stereocenters. The molecular formula is C27H30ClN3O5S. The van der Waals surface area contributed by atoms with Gasteiger partial charge in [-0.1, -0.05) is 41.9 Å². The van der Waals surface area contributed by atoms with Crippen LogP contribution in [0.4, 0.5) is 5.69 Å². The normalized spacial score (nSPS) is 11.9. The molecular weight excluding hydrogens is 514 g/mol. The van der Waals surface area contributed by atoms with Gasteiger partial charge in [0, 0.05) is 18.1 Å². The molecule has 0 fully saturated rings. The van der Waals surface area contributed by atoms with Gasteiger partial charge in [-0.2, -0.15) is 0 Å². The number of para-hydroxylation sites is 1. The summed E-state index contributed by atoms with van der Waals surface area (Å²) in [6, 6.07) is 20.4. The number of sulfonamides is 1. The summed E-state index contributed by atoms with van der Waals surface area (Å²) in [5.74, 6) is -0.383. The summed E-state index contributed by atoms with van der Waals surface area (Å²) in [7, 11) is -2.65. The van der Waals surface area contributed by atoms with Crippen LogP contribution in [0.25, 0.3) is 0 Å². The minimum atomic E-state index is -4.13. The van der Waals surface area contributed by atoms with Crippen LogP contribution in [0, 0.1) is 0 Å². The first-order valence-corrected chi connectivity index (χ1v) is 13.5. The van der Waals surface area contributed by atoms with Crippen LogP contribution in [0.3, 0.4) is 0 Å². The number of ether oxygens (including phenoxy) is 1. The van der Waals surface area contributed by atoms with E-state index in [1.165, 1.54) is 24.1 Å². The van der Waals surface area contributed by atoms with Crippen LogP contribution in [-0.4, -0.2) is 51.4 Å².